The van der Waals surface area contributed by atoms with Crippen LogP contribution in [0.15, 0.2) is 72.8 Å². The highest BCUT2D eigenvalue weighted by atomic mass is 32.1. The highest BCUT2D eigenvalue weighted by Crippen LogP contribution is 2.39. The van der Waals surface area contributed by atoms with Crippen LogP contribution in [0.25, 0.3) is 31.7 Å². The van der Waals surface area contributed by atoms with Crippen LogP contribution in [0.3, 0.4) is 0 Å². The van der Waals surface area contributed by atoms with Crippen molar-refractivity contribution in [2.45, 2.75) is 38.6 Å². The molecule has 2 saturated heterocycles. The lowest BCUT2D eigenvalue weighted by Gasteiger charge is -2.24. The van der Waals surface area contributed by atoms with Crippen molar-refractivity contribution in [3.8, 4) is 33.1 Å². The Kier molecular flexibility index (Phi) is 7.84. The molecule has 2 aliphatic heterocycles. The number of hydrogen-bond donors (Lipinski definition) is 0. The minimum Gasteiger partial charge on any atom is -0.492 e. The Hall–Kier alpha value is -3.35. The second-order valence-electron chi connectivity index (χ2n) is 10.6. The van der Waals surface area contributed by atoms with Gasteiger partial charge in [-0.05, 0) is 104 Å². The molecule has 3 heterocycles. The highest BCUT2D eigenvalue weighted by Gasteiger charge is 2.25. The van der Waals surface area contributed by atoms with E-state index in [1.807, 2.05) is 28.4 Å². The number of ether oxygens (including phenoxy) is 2. The van der Waals surface area contributed by atoms with Gasteiger partial charge < -0.3 is 14.4 Å². The average Bonchev–Trinajstić information content (AvgIpc) is 3.73. The molecule has 0 N–H and O–H groups in total. The fourth-order valence-corrected chi connectivity index (χ4v) is 6.73. The summed E-state index contributed by atoms with van der Waals surface area (Å²) in [5.41, 5.74) is 3.60. The number of thiophene rings is 1. The molecule has 0 aliphatic carbocycles. The Morgan fingerprint density at radius 1 is 0.846 bits per heavy atom. The van der Waals surface area contributed by atoms with E-state index in [-0.39, 0.29) is 11.9 Å². The lowest BCUT2D eigenvalue weighted by atomic mass is 10.0. The maximum atomic E-state index is 12.0. The Balaban J connectivity index is 1.11. The summed E-state index contributed by atoms with van der Waals surface area (Å²) in [6.45, 7) is 7.56. The molecule has 0 radical (unpaired) electrons. The monoisotopic (exact) mass is 540 g/mol. The van der Waals surface area contributed by atoms with Crippen LogP contribution in [0.2, 0.25) is 0 Å². The summed E-state index contributed by atoms with van der Waals surface area (Å²) in [5, 5.41) is 1.26. The Morgan fingerprint density at radius 3 is 2.28 bits per heavy atom. The molecule has 202 valence electrons. The highest BCUT2D eigenvalue weighted by molar-refractivity contribution is 7.22. The van der Waals surface area contributed by atoms with Gasteiger partial charge in [0.2, 0.25) is 5.91 Å². The van der Waals surface area contributed by atoms with Crippen LogP contribution in [0, 0.1) is 0 Å². The molecule has 1 atom stereocenters. The van der Waals surface area contributed by atoms with Crippen molar-refractivity contribution in [2.24, 2.45) is 0 Å². The van der Waals surface area contributed by atoms with E-state index in [0.717, 1.165) is 37.6 Å². The molecule has 39 heavy (non-hydrogen) atoms. The second-order valence-corrected chi connectivity index (χ2v) is 11.7. The van der Waals surface area contributed by atoms with Gasteiger partial charge in [0.25, 0.3) is 0 Å². The van der Waals surface area contributed by atoms with Crippen molar-refractivity contribution in [1.29, 1.82) is 0 Å². The van der Waals surface area contributed by atoms with Crippen molar-refractivity contribution in [3.05, 3.63) is 72.8 Å². The SMILES string of the molecule is C[C@@H](COc1ccc(-c2cccc3sc(-c4ccc(OCCN5CCCC5)cc4)cc23)cc1)N1CCCC1=O. The van der Waals surface area contributed by atoms with Crippen LogP contribution in [-0.2, 0) is 4.79 Å². The zero-order chi connectivity index (χ0) is 26.6. The Labute approximate surface area is 235 Å². The Bertz CT molecular complexity index is 1410. The van der Waals surface area contributed by atoms with Gasteiger partial charge in [-0.3, -0.25) is 9.69 Å². The van der Waals surface area contributed by atoms with E-state index in [1.165, 1.54) is 57.6 Å². The number of fused-ring (bicyclic) bond motifs is 1. The van der Waals surface area contributed by atoms with Gasteiger partial charge in [0, 0.05) is 34.5 Å². The summed E-state index contributed by atoms with van der Waals surface area (Å²) >= 11 is 1.82. The molecule has 3 aromatic carbocycles. The van der Waals surface area contributed by atoms with Gasteiger partial charge >= 0.3 is 0 Å². The third kappa shape index (κ3) is 5.97. The van der Waals surface area contributed by atoms with E-state index in [4.69, 9.17) is 9.47 Å². The third-order valence-electron chi connectivity index (χ3n) is 7.87. The number of hydrogen-bond acceptors (Lipinski definition) is 5. The van der Waals surface area contributed by atoms with Gasteiger partial charge in [0.15, 0.2) is 0 Å². The van der Waals surface area contributed by atoms with Crippen molar-refractivity contribution < 1.29 is 14.3 Å². The first-order valence-electron chi connectivity index (χ1n) is 14.1. The first-order chi connectivity index (χ1) is 19.1. The number of carbonyl (C=O) groups is 1. The van der Waals surface area contributed by atoms with Gasteiger partial charge in [-0.2, -0.15) is 0 Å². The number of rotatable bonds is 10. The number of amides is 1. The van der Waals surface area contributed by atoms with E-state index >= 15 is 0 Å². The molecule has 1 aromatic heterocycles. The largest absolute Gasteiger partial charge is 0.492 e. The molecular weight excluding hydrogens is 504 g/mol. The minimum absolute atomic E-state index is 0.0909. The molecule has 0 saturated carbocycles. The van der Waals surface area contributed by atoms with Crippen LogP contribution in [0.5, 0.6) is 11.5 Å². The van der Waals surface area contributed by atoms with Crippen LogP contribution in [0.1, 0.15) is 32.6 Å². The second kappa shape index (κ2) is 11.8. The molecule has 0 bridgehead atoms. The van der Waals surface area contributed by atoms with Crippen molar-refractivity contribution in [1.82, 2.24) is 9.80 Å². The maximum absolute atomic E-state index is 12.0. The van der Waals surface area contributed by atoms with Gasteiger partial charge in [0.1, 0.15) is 24.7 Å². The molecule has 2 aliphatic rings. The van der Waals surface area contributed by atoms with E-state index < -0.39 is 0 Å². The summed E-state index contributed by atoms with van der Waals surface area (Å²) in [4.78, 5) is 17.6. The van der Waals surface area contributed by atoms with Crippen LogP contribution in [-0.4, -0.2) is 61.1 Å². The average molecular weight is 541 g/mol. The summed E-state index contributed by atoms with van der Waals surface area (Å²) in [7, 11) is 0. The standard InChI is InChI=1S/C33H36N2O3S/c1-24(35-19-5-8-33(35)36)23-38-28-13-9-25(10-14-28)29-6-4-7-31-30(29)22-32(39-31)26-11-15-27(16-12-26)37-21-20-34-17-2-3-18-34/h4,6-7,9-16,22,24H,2-3,5,8,17-21,23H2,1H3/t24-/m0/s1. The molecule has 6 rings (SSSR count). The van der Waals surface area contributed by atoms with Gasteiger partial charge in [0.05, 0.1) is 6.04 Å². The smallest absolute Gasteiger partial charge is 0.222 e. The normalized spacial score (nSPS) is 16.7. The number of carbonyl (C=O) groups excluding carboxylic acids is 1. The van der Waals surface area contributed by atoms with Gasteiger partial charge in [-0.25, -0.2) is 0 Å². The molecule has 1 amide bonds. The molecule has 0 spiro atoms. The summed E-state index contributed by atoms with van der Waals surface area (Å²) in [6, 6.07) is 25.7. The van der Waals surface area contributed by atoms with Crippen LogP contribution < -0.4 is 9.47 Å². The van der Waals surface area contributed by atoms with E-state index in [2.05, 4.69) is 72.5 Å². The predicted octanol–water partition coefficient (Wildman–Crippen LogP) is 7.10. The summed E-state index contributed by atoms with van der Waals surface area (Å²) < 4.78 is 13.3. The van der Waals surface area contributed by atoms with Crippen molar-refractivity contribution in [3.63, 3.8) is 0 Å². The van der Waals surface area contributed by atoms with E-state index in [1.54, 1.807) is 0 Å². The van der Waals surface area contributed by atoms with Crippen LogP contribution >= 0.6 is 11.3 Å². The predicted molar refractivity (Wildman–Crippen MR) is 160 cm³/mol. The van der Waals surface area contributed by atoms with Crippen molar-refractivity contribution in [2.75, 3.05) is 39.4 Å². The lowest BCUT2D eigenvalue weighted by molar-refractivity contribution is -0.129. The number of likely N-dealkylation sites (tertiary alicyclic amines) is 2. The number of benzene rings is 3. The lowest BCUT2D eigenvalue weighted by Crippen LogP contribution is -2.38. The maximum Gasteiger partial charge on any atom is 0.222 e. The summed E-state index contributed by atoms with van der Waals surface area (Å²) in [6.07, 6.45) is 4.24. The minimum atomic E-state index is 0.0909. The first kappa shape index (κ1) is 25.9. The fourth-order valence-electron chi connectivity index (χ4n) is 5.64. The zero-order valence-electron chi connectivity index (χ0n) is 22.6. The topological polar surface area (TPSA) is 42.0 Å². The van der Waals surface area contributed by atoms with Crippen molar-refractivity contribution >= 4 is 27.3 Å². The first-order valence-corrected chi connectivity index (χ1v) is 15.0. The molecule has 5 nitrogen and oxygen atoms in total. The quantitative estimate of drug-likeness (QED) is 0.215. The Morgan fingerprint density at radius 2 is 1.56 bits per heavy atom. The van der Waals surface area contributed by atoms with Gasteiger partial charge in [-0.1, -0.05) is 24.3 Å². The summed E-state index contributed by atoms with van der Waals surface area (Å²) in [5.74, 6) is 2.00. The third-order valence-corrected chi connectivity index (χ3v) is 9.02. The fraction of sp³-hybridized carbons (Fsp3) is 0.364. The van der Waals surface area contributed by atoms with E-state index in [0.29, 0.717) is 13.0 Å². The van der Waals surface area contributed by atoms with E-state index in [9.17, 15) is 4.79 Å². The van der Waals surface area contributed by atoms with Gasteiger partial charge in [-0.15, -0.1) is 11.3 Å². The molecular formula is C33H36N2O3S. The molecule has 6 heteroatoms. The zero-order valence-corrected chi connectivity index (χ0v) is 23.4. The molecule has 4 aromatic rings. The molecule has 2 fully saturated rings. The number of nitrogens with zero attached hydrogens (tertiary/aromatic N) is 2. The molecule has 0 unspecified atom stereocenters. The van der Waals surface area contributed by atoms with Crippen LogP contribution in [0.4, 0.5) is 0 Å².